The van der Waals surface area contributed by atoms with E-state index in [0.717, 1.165) is 38.1 Å². The predicted octanol–water partition coefficient (Wildman–Crippen LogP) is 2.16. The average Bonchev–Trinajstić information content (AvgIpc) is 2.68. The second-order valence-electron chi connectivity index (χ2n) is 6.34. The van der Waals surface area contributed by atoms with Crippen molar-refractivity contribution in [2.24, 2.45) is 5.92 Å². The fourth-order valence-corrected chi connectivity index (χ4v) is 4.03. The van der Waals surface area contributed by atoms with Crippen LogP contribution in [0, 0.1) is 5.92 Å². The molecule has 0 aliphatic carbocycles. The van der Waals surface area contributed by atoms with E-state index >= 15 is 0 Å². The summed E-state index contributed by atoms with van der Waals surface area (Å²) in [7, 11) is 1.86. The van der Waals surface area contributed by atoms with Crippen molar-refractivity contribution in [2.75, 3.05) is 32.4 Å². The van der Waals surface area contributed by atoms with Crippen LogP contribution in [0.1, 0.15) is 40.0 Å². The summed E-state index contributed by atoms with van der Waals surface area (Å²) in [5.74, 6) is 0.750. The van der Waals surface area contributed by atoms with Crippen LogP contribution in [0.2, 0.25) is 0 Å². The number of rotatable bonds is 7. The number of likely N-dealkylation sites (N-methyl/N-ethyl adjacent to an activating group) is 1. The van der Waals surface area contributed by atoms with Crippen LogP contribution in [-0.2, 0) is 9.59 Å². The quantitative estimate of drug-likeness (QED) is 0.775. The van der Waals surface area contributed by atoms with E-state index in [-0.39, 0.29) is 23.7 Å². The molecule has 22 heavy (non-hydrogen) atoms. The molecule has 1 fully saturated rings. The third-order valence-corrected chi connectivity index (χ3v) is 5.65. The third-order valence-electron chi connectivity index (χ3n) is 4.21. The van der Waals surface area contributed by atoms with Gasteiger partial charge >= 0.3 is 5.97 Å². The number of hydrogen-bond acceptors (Lipinski definition) is 4. The second kappa shape index (κ2) is 9.40. The Morgan fingerprint density at radius 1 is 1.32 bits per heavy atom. The highest BCUT2D eigenvalue weighted by Crippen LogP contribution is 2.24. The van der Waals surface area contributed by atoms with Crippen molar-refractivity contribution in [3.05, 3.63) is 0 Å². The van der Waals surface area contributed by atoms with Gasteiger partial charge in [0.15, 0.2) is 0 Å². The summed E-state index contributed by atoms with van der Waals surface area (Å²) >= 11 is 1.73. The molecule has 1 aliphatic heterocycles. The number of hydrogen-bond donors (Lipinski definition) is 1. The molecule has 1 saturated heterocycles. The summed E-state index contributed by atoms with van der Waals surface area (Å²) in [6.07, 6.45) is 2.76. The van der Waals surface area contributed by atoms with E-state index in [9.17, 15) is 9.59 Å². The Balaban J connectivity index is 2.61. The molecule has 0 aromatic heterocycles. The Labute approximate surface area is 138 Å². The molecule has 128 valence electrons. The highest BCUT2D eigenvalue weighted by molar-refractivity contribution is 8.00. The summed E-state index contributed by atoms with van der Waals surface area (Å²) in [5.41, 5.74) is 0. The van der Waals surface area contributed by atoms with Gasteiger partial charge in [-0.3, -0.25) is 14.5 Å². The molecule has 0 spiro atoms. The summed E-state index contributed by atoms with van der Waals surface area (Å²) in [5, 5.41) is 8.95. The molecule has 1 N–H and O–H groups in total. The number of carboxylic acids is 1. The number of thioether (sulfide) groups is 1. The molecule has 1 heterocycles. The molecule has 5 nitrogen and oxygen atoms in total. The van der Waals surface area contributed by atoms with Crippen LogP contribution in [0.5, 0.6) is 0 Å². The number of carbonyl (C=O) groups is 2. The summed E-state index contributed by atoms with van der Waals surface area (Å²) in [4.78, 5) is 27.5. The first-order valence-corrected chi connectivity index (χ1v) is 9.24. The van der Waals surface area contributed by atoms with Crippen LogP contribution in [0.15, 0.2) is 0 Å². The fourth-order valence-electron chi connectivity index (χ4n) is 2.99. The Hall–Kier alpha value is -0.750. The summed E-state index contributed by atoms with van der Waals surface area (Å²) in [6.45, 7) is 7.90. The monoisotopic (exact) mass is 330 g/mol. The highest BCUT2D eigenvalue weighted by Gasteiger charge is 2.29. The maximum Gasteiger partial charge on any atom is 0.317 e. The minimum absolute atomic E-state index is 0.0401. The van der Waals surface area contributed by atoms with Crippen molar-refractivity contribution in [1.82, 2.24) is 9.80 Å². The zero-order valence-electron chi connectivity index (χ0n) is 14.2. The van der Waals surface area contributed by atoms with Gasteiger partial charge < -0.3 is 10.0 Å². The topological polar surface area (TPSA) is 60.9 Å². The number of nitrogens with zero attached hydrogens (tertiary/aromatic N) is 2. The lowest BCUT2D eigenvalue weighted by molar-refractivity contribution is -0.138. The third kappa shape index (κ3) is 5.80. The van der Waals surface area contributed by atoms with Gasteiger partial charge in [0.1, 0.15) is 0 Å². The average molecular weight is 330 g/mol. The minimum Gasteiger partial charge on any atom is -0.480 e. The van der Waals surface area contributed by atoms with E-state index in [0.29, 0.717) is 5.92 Å². The van der Waals surface area contributed by atoms with Crippen molar-refractivity contribution < 1.29 is 14.7 Å². The largest absolute Gasteiger partial charge is 0.480 e. The van der Waals surface area contributed by atoms with Gasteiger partial charge in [-0.05, 0) is 38.0 Å². The molecular formula is C16H30N2O3S. The summed E-state index contributed by atoms with van der Waals surface area (Å²) < 4.78 is 0. The molecule has 1 amide bonds. The van der Waals surface area contributed by atoms with Crippen LogP contribution < -0.4 is 0 Å². The van der Waals surface area contributed by atoms with Crippen LogP contribution in [0.4, 0.5) is 0 Å². The molecule has 1 rings (SSSR count). The number of aliphatic carboxylic acids is 1. The lowest BCUT2D eigenvalue weighted by atomic mass is 10.1. The first kappa shape index (κ1) is 19.3. The predicted molar refractivity (Wildman–Crippen MR) is 91.2 cm³/mol. The molecule has 0 aromatic carbocycles. The van der Waals surface area contributed by atoms with Crippen LogP contribution in [0.3, 0.4) is 0 Å². The maximum atomic E-state index is 12.7. The van der Waals surface area contributed by atoms with E-state index in [1.165, 1.54) is 0 Å². The minimum atomic E-state index is -0.793. The Bertz CT molecular complexity index is 376. The highest BCUT2D eigenvalue weighted by atomic mass is 32.2. The molecule has 1 aliphatic rings. The molecular weight excluding hydrogens is 300 g/mol. The van der Waals surface area contributed by atoms with E-state index in [1.807, 2.05) is 16.8 Å². The SMILES string of the molecule is CCSC(C(=O)N1CCCC(N(C)CC(=O)O)CC1)C(C)C. The van der Waals surface area contributed by atoms with Gasteiger partial charge in [0.2, 0.25) is 5.91 Å². The van der Waals surface area contributed by atoms with Gasteiger partial charge in [-0.1, -0.05) is 20.8 Å². The number of likely N-dealkylation sites (tertiary alicyclic amines) is 1. The van der Waals surface area contributed by atoms with Crippen molar-refractivity contribution in [3.8, 4) is 0 Å². The van der Waals surface area contributed by atoms with Crippen LogP contribution >= 0.6 is 11.8 Å². The lowest BCUT2D eigenvalue weighted by Gasteiger charge is -2.28. The zero-order chi connectivity index (χ0) is 16.7. The number of amides is 1. The Kier molecular flexibility index (Phi) is 8.25. The fraction of sp³-hybridized carbons (Fsp3) is 0.875. The summed E-state index contributed by atoms with van der Waals surface area (Å²) in [6, 6.07) is 0.255. The molecule has 2 atom stereocenters. The first-order chi connectivity index (χ1) is 10.4. The molecule has 6 heteroatoms. The van der Waals surface area contributed by atoms with Crippen molar-refractivity contribution in [3.63, 3.8) is 0 Å². The smallest absolute Gasteiger partial charge is 0.317 e. The first-order valence-electron chi connectivity index (χ1n) is 8.19. The molecule has 0 radical (unpaired) electrons. The number of carbonyl (C=O) groups excluding carboxylic acids is 1. The van der Waals surface area contributed by atoms with Gasteiger partial charge in [0, 0.05) is 19.1 Å². The zero-order valence-corrected chi connectivity index (χ0v) is 15.1. The van der Waals surface area contributed by atoms with Crippen molar-refractivity contribution in [1.29, 1.82) is 0 Å². The number of carboxylic acid groups (broad SMARTS) is 1. The normalized spacial score (nSPS) is 21.0. The van der Waals surface area contributed by atoms with Gasteiger partial charge in [0.05, 0.1) is 11.8 Å². The van der Waals surface area contributed by atoms with E-state index in [4.69, 9.17) is 5.11 Å². The van der Waals surface area contributed by atoms with Gasteiger partial charge in [-0.15, -0.1) is 11.8 Å². The molecule has 0 saturated carbocycles. The van der Waals surface area contributed by atoms with Crippen LogP contribution in [-0.4, -0.2) is 70.5 Å². The van der Waals surface area contributed by atoms with Gasteiger partial charge in [-0.2, -0.15) is 0 Å². The second-order valence-corrected chi connectivity index (χ2v) is 7.76. The standard InChI is InChI=1S/C16H30N2O3S/c1-5-22-15(12(2)3)16(21)18-9-6-7-13(8-10-18)17(4)11-14(19)20/h12-13,15H,5-11H2,1-4H3,(H,19,20). The van der Waals surface area contributed by atoms with E-state index in [1.54, 1.807) is 11.8 Å². The van der Waals surface area contributed by atoms with E-state index < -0.39 is 5.97 Å². The van der Waals surface area contributed by atoms with Gasteiger partial charge in [0.25, 0.3) is 0 Å². The van der Waals surface area contributed by atoms with Gasteiger partial charge in [-0.25, -0.2) is 0 Å². The Morgan fingerprint density at radius 3 is 2.55 bits per heavy atom. The maximum absolute atomic E-state index is 12.7. The lowest BCUT2D eigenvalue weighted by Crippen LogP contribution is -2.41. The Morgan fingerprint density at radius 2 is 2.00 bits per heavy atom. The van der Waals surface area contributed by atoms with Crippen molar-refractivity contribution >= 4 is 23.6 Å². The molecule has 0 bridgehead atoms. The van der Waals surface area contributed by atoms with Crippen LogP contribution in [0.25, 0.3) is 0 Å². The van der Waals surface area contributed by atoms with Crippen molar-refractivity contribution in [2.45, 2.75) is 51.3 Å². The molecule has 2 unspecified atom stereocenters. The van der Waals surface area contributed by atoms with E-state index in [2.05, 4.69) is 20.8 Å². The molecule has 0 aromatic rings.